The summed E-state index contributed by atoms with van der Waals surface area (Å²) >= 11 is 0. The van der Waals surface area contributed by atoms with E-state index in [0.29, 0.717) is 22.4 Å². The third kappa shape index (κ3) is 3.25. The van der Waals surface area contributed by atoms with Crippen LogP contribution < -0.4 is 10.9 Å². The van der Waals surface area contributed by atoms with Crippen molar-refractivity contribution in [3.05, 3.63) is 64.2 Å². The van der Waals surface area contributed by atoms with E-state index in [1.54, 1.807) is 31.3 Å². The van der Waals surface area contributed by atoms with Gasteiger partial charge < -0.3 is 9.84 Å². The number of anilines is 1. The molecule has 4 aromatic rings. The van der Waals surface area contributed by atoms with Crippen molar-refractivity contribution in [3.8, 4) is 5.69 Å². The molecule has 5 rings (SSSR count). The lowest BCUT2D eigenvalue weighted by atomic mass is 10.2. The molecule has 0 atom stereocenters. The van der Waals surface area contributed by atoms with Crippen molar-refractivity contribution in [1.29, 1.82) is 0 Å². The number of hydrogen-bond donors (Lipinski definition) is 1. The lowest BCUT2D eigenvalue weighted by Crippen LogP contribution is -2.31. The van der Waals surface area contributed by atoms with Crippen LogP contribution in [0.15, 0.2) is 45.8 Å². The molecule has 9 nitrogen and oxygen atoms in total. The van der Waals surface area contributed by atoms with Gasteiger partial charge in [-0.1, -0.05) is 5.16 Å². The van der Waals surface area contributed by atoms with Crippen molar-refractivity contribution >= 4 is 22.6 Å². The highest BCUT2D eigenvalue weighted by molar-refractivity contribution is 5.90. The number of nitrogens with one attached hydrogen (secondary N) is 1. The highest BCUT2D eigenvalue weighted by atomic mass is 19.1. The van der Waals surface area contributed by atoms with E-state index < -0.39 is 11.5 Å². The summed E-state index contributed by atoms with van der Waals surface area (Å²) in [5.74, 6) is 0.220. The summed E-state index contributed by atoms with van der Waals surface area (Å²) in [5.41, 5.74) is 1.14. The zero-order chi connectivity index (χ0) is 20.8. The van der Waals surface area contributed by atoms with Crippen LogP contribution in [0.1, 0.15) is 30.2 Å². The highest BCUT2D eigenvalue weighted by Crippen LogP contribution is 2.41. The van der Waals surface area contributed by atoms with Crippen LogP contribution in [0.25, 0.3) is 16.6 Å². The monoisotopic (exact) mass is 408 g/mol. The van der Waals surface area contributed by atoms with Gasteiger partial charge in [0.1, 0.15) is 23.6 Å². The fraction of sp³-hybridized carbons (Fsp3) is 0.250. The van der Waals surface area contributed by atoms with Crippen LogP contribution in [-0.4, -0.2) is 30.6 Å². The number of nitrogens with zero attached hydrogens (tertiary/aromatic N) is 5. The Hall–Kier alpha value is -3.82. The van der Waals surface area contributed by atoms with Gasteiger partial charge in [0.25, 0.3) is 5.56 Å². The molecular weight excluding hydrogens is 391 g/mol. The quantitative estimate of drug-likeness (QED) is 0.544. The van der Waals surface area contributed by atoms with Crippen LogP contribution in [-0.2, 0) is 11.3 Å². The number of fused-ring (bicyclic) bond motifs is 1. The molecule has 1 fully saturated rings. The summed E-state index contributed by atoms with van der Waals surface area (Å²) < 4.78 is 20.9. The second-order valence-electron chi connectivity index (χ2n) is 7.29. The summed E-state index contributed by atoms with van der Waals surface area (Å²) in [6.07, 6.45) is 3.53. The molecule has 0 radical (unpaired) electrons. The van der Waals surface area contributed by atoms with Crippen LogP contribution >= 0.6 is 0 Å². The first-order chi connectivity index (χ1) is 14.5. The molecule has 1 aliphatic carbocycles. The Kier molecular flexibility index (Phi) is 4.19. The van der Waals surface area contributed by atoms with Gasteiger partial charge >= 0.3 is 0 Å². The van der Waals surface area contributed by atoms with Crippen LogP contribution in [0, 0.1) is 12.7 Å². The van der Waals surface area contributed by atoms with E-state index in [1.165, 1.54) is 16.8 Å². The van der Waals surface area contributed by atoms with Gasteiger partial charge in [0.05, 0.1) is 17.6 Å². The summed E-state index contributed by atoms with van der Waals surface area (Å²) in [6, 6.07) is 7.27. The number of rotatable bonds is 5. The summed E-state index contributed by atoms with van der Waals surface area (Å²) in [5, 5.41) is 15.7. The van der Waals surface area contributed by atoms with E-state index >= 15 is 0 Å². The number of amides is 1. The van der Waals surface area contributed by atoms with E-state index in [-0.39, 0.29) is 24.1 Å². The molecule has 1 N–H and O–H groups in total. The standard InChI is InChI=1S/C20H17FN6O3/c1-11-8-16(25-30-11)23-17(28)10-26-20(29)19-15(18(24-26)12-2-3-12)9-22-27(19)14-6-4-13(21)5-7-14/h4-9,12H,2-3,10H2,1H3,(H,23,25,28). The minimum absolute atomic E-state index is 0.228. The Balaban J connectivity index is 1.57. The molecule has 0 saturated heterocycles. The average Bonchev–Trinajstić information content (AvgIpc) is 3.34. The first-order valence-electron chi connectivity index (χ1n) is 9.47. The van der Waals surface area contributed by atoms with Crippen molar-refractivity contribution in [3.63, 3.8) is 0 Å². The normalized spacial score (nSPS) is 13.7. The zero-order valence-corrected chi connectivity index (χ0v) is 16.0. The second-order valence-corrected chi connectivity index (χ2v) is 7.29. The first kappa shape index (κ1) is 18.2. The number of benzene rings is 1. The molecule has 30 heavy (non-hydrogen) atoms. The van der Waals surface area contributed by atoms with E-state index in [9.17, 15) is 14.0 Å². The van der Waals surface area contributed by atoms with E-state index in [2.05, 4.69) is 20.7 Å². The SMILES string of the molecule is Cc1cc(NC(=O)Cn2nc(C3CC3)c3cnn(-c4ccc(F)cc4)c3c2=O)no1. The lowest BCUT2D eigenvalue weighted by molar-refractivity contribution is -0.117. The van der Waals surface area contributed by atoms with Crippen LogP contribution in [0.4, 0.5) is 10.2 Å². The van der Waals surface area contributed by atoms with Crippen LogP contribution in [0.3, 0.4) is 0 Å². The Morgan fingerprint density at radius 2 is 2.07 bits per heavy atom. The van der Waals surface area contributed by atoms with Crippen LogP contribution in [0.2, 0.25) is 0 Å². The van der Waals surface area contributed by atoms with Gasteiger partial charge in [0, 0.05) is 17.4 Å². The van der Waals surface area contributed by atoms with Gasteiger partial charge in [-0.05, 0) is 44.0 Å². The van der Waals surface area contributed by atoms with E-state index in [0.717, 1.165) is 23.2 Å². The maximum Gasteiger partial charge on any atom is 0.293 e. The van der Waals surface area contributed by atoms with Gasteiger partial charge in [-0.3, -0.25) is 9.59 Å². The number of hydrogen-bond acceptors (Lipinski definition) is 6. The van der Waals surface area contributed by atoms with Crippen molar-refractivity contribution in [1.82, 2.24) is 24.7 Å². The average molecular weight is 408 g/mol. The molecule has 0 aliphatic heterocycles. The fourth-order valence-electron chi connectivity index (χ4n) is 3.38. The molecule has 1 aromatic carbocycles. The molecule has 1 aliphatic rings. The number of aromatic nitrogens is 5. The largest absolute Gasteiger partial charge is 0.360 e. The number of carbonyl (C=O) groups excluding carboxylic acids is 1. The van der Waals surface area contributed by atoms with Gasteiger partial charge in [0.2, 0.25) is 5.91 Å². The molecule has 0 bridgehead atoms. The fourth-order valence-corrected chi connectivity index (χ4v) is 3.38. The minimum Gasteiger partial charge on any atom is -0.360 e. The second kappa shape index (κ2) is 6.90. The molecule has 3 aromatic heterocycles. The molecule has 152 valence electrons. The Bertz CT molecular complexity index is 1320. The highest BCUT2D eigenvalue weighted by Gasteiger charge is 2.30. The van der Waals surface area contributed by atoms with Crippen molar-refractivity contribution < 1.29 is 13.7 Å². The Morgan fingerprint density at radius 1 is 1.30 bits per heavy atom. The molecular formula is C20H17FN6O3. The van der Waals surface area contributed by atoms with Gasteiger partial charge in [-0.25, -0.2) is 13.8 Å². The molecule has 0 unspecified atom stereocenters. The minimum atomic E-state index is -0.456. The molecule has 3 heterocycles. The van der Waals surface area contributed by atoms with Crippen molar-refractivity contribution in [2.24, 2.45) is 0 Å². The summed E-state index contributed by atoms with van der Waals surface area (Å²) in [6.45, 7) is 1.43. The maximum atomic E-state index is 13.3. The van der Waals surface area contributed by atoms with E-state index in [1.807, 2.05) is 0 Å². The van der Waals surface area contributed by atoms with Gasteiger partial charge in [-0.2, -0.15) is 10.2 Å². The topological polar surface area (TPSA) is 108 Å². The predicted octanol–water partition coefficient (Wildman–Crippen LogP) is 2.53. The third-order valence-electron chi connectivity index (χ3n) is 4.93. The van der Waals surface area contributed by atoms with Crippen molar-refractivity contribution in [2.75, 3.05) is 5.32 Å². The Morgan fingerprint density at radius 3 is 2.73 bits per heavy atom. The molecule has 0 spiro atoms. The lowest BCUT2D eigenvalue weighted by Gasteiger charge is -2.10. The maximum absolute atomic E-state index is 13.3. The number of carbonyl (C=O) groups is 1. The van der Waals surface area contributed by atoms with Gasteiger partial charge in [-0.15, -0.1) is 0 Å². The zero-order valence-electron chi connectivity index (χ0n) is 16.0. The van der Waals surface area contributed by atoms with Crippen molar-refractivity contribution in [2.45, 2.75) is 32.2 Å². The Labute approximate surface area is 169 Å². The van der Waals surface area contributed by atoms with Gasteiger partial charge in [0.15, 0.2) is 5.82 Å². The molecule has 1 amide bonds. The first-order valence-corrected chi connectivity index (χ1v) is 9.47. The molecule has 10 heteroatoms. The predicted molar refractivity (Wildman–Crippen MR) is 105 cm³/mol. The molecule has 1 saturated carbocycles. The van der Waals surface area contributed by atoms with E-state index in [4.69, 9.17) is 4.52 Å². The smallest absolute Gasteiger partial charge is 0.293 e. The summed E-state index contributed by atoms with van der Waals surface area (Å²) in [7, 11) is 0. The number of halogens is 1. The summed E-state index contributed by atoms with van der Waals surface area (Å²) in [4.78, 5) is 25.6. The third-order valence-corrected chi connectivity index (χ3v) is 4.93. The van der Waals surface area contributed by atoms with Crippen LogP contribution in [0.5, 0.6) is 0 Å². The number of aryl methyl sites for hydroxylation is 1.